The number of nitrogens with zero attached hydrogens (tertiary/aromatic N) is 3. The Hall–Kier alpha value is -3.46. The maximum atomic E-state index is 12.7. The Morgan fingerprint density at radius 1 is 1.10 bits per heavy atom. The molecule has 3 aromatic rings. The molecule has 1 fully saturated rings. The number of hydrogen-bond donors (Lipinski definition) is 1. The van der Waals surface area contributed by atoms with Gasteiger partial charge >= 0.3 is 0 Å². The van der Waals surface area contributed by atoms with E-state index in [0.717, 1.165) is 10.6 Å². The first-order valence-corrected chi connectivity index (χ1v) is 10.8. The highest BCUT2D eigenvalue weighted by Crippen LogP contribution is 2.36. The van der Waals surface area contributed by atoms with Crippen LogP contribution in [-0.4, -0.2) is 41.8 Å². The number of amides is 2. The second kappa shape index (κ2) is 8.35. The Morgan fingerprint density at radius 3 is 2.74 bits per heavy atom. The van der Waals surface area contributed by atoms with Crippen molar-refractivity contribution < 1.29 is 19.1 Å². The summed E-state index contributed by atoms with van der Waals surface area (Å²) >= 11 is 1.35. The largest absolute Gasteiger partial charge is 0.486 e. The molecule has 1 aromatic heterocycles. The summed E-state index contributed by atoms with van der Waals surface area (Å²) in [7, 11) is 0. The van der Waals surface area contributed by atoms with Crippen molar-refractivity contribution in [3.63, 3.8) is 0 Å². The van der Waals surface area contributed by atoms with Gasteiger partial charge in [0.25, 0.3) is 0 Å². The third-order valence-corrected chi connectivity index (χ3v) is 6.07. The van der Waals surface area contributed by atoms with E-state index in [1.807, 2.05) is 36.4 Å². The fourth-order valence-corrected chi connectivity index (χ4v) is 4.46. The molecular formula is C22H20N4O4S. The van der Waals surface area contributed by atoms with E-state index in [0.29, 0.717) is 48.5 Å². The summed E-state index contributed by atoms with van der Waals surface area (Å²) < 4.78 is 11.1. The molecule has 2 aliphatic rings. The molecule has 158 valence electrons. The highest BCUT2D eigenvalue weighted by atomic mass is 32.1. The molecule has 31 heavy (non-hydrogen) atoms. The smallest absolute Gasteiger partial charge is 0.231 e. The molecule has 5 rings (SSSR count). The number of carbonyl (C=O) groups is 2. The lowest BCUT2D eigenvalue weighted by Crippen LogP contribution is -2.28. The monoisotopic (exact) mass is 436 g/mol. The quantitative estimate of drug-likeness (QED) is 0.661. The number of hydrogen-bond acceptors (Lipinski definition) is 7. The van der Waals surface area contributed by atoms with Crippen LogP contribution >= 0.6 is 11.3 Å². The van der Waals surface area contributed by atoms with Gasteiger partial charge in [-0.3, -0.25) is 9.59 Å². The van der Waals surface area contributed by atoms with E-state index in [9.17, 15) is 9.59 Å². The Morgan fingerprint density at radius 2 is 1.90 bits per heavy atom. The molecule has 0 spiro atoms. The van der Waals surface area contributed by atoms with Crippen molar-refractivity contribution in [3.05, 3.63) is 59.1 Å². The van der Waals surface area contributed by atoms with Crippen molar-refractivity contribution in [1.82, 2.24) is 10.2 Å². The zero-order valence-corrected chi connectivity index (χ0v) is 17.4. The molecule has 0 saturated carbocycles. The van der Waals surface area contributed by atoms with Crippen LogP contribution in [0.5, 0.6) is 11.5 Å². The van der Waals surface area contributed by atoms with E-state index < -0.39 is 5.92 Å². The molecule has 0 bridgehead atoms. The Labute approximate surface area is 182 Å². The minimum atomic E-state index is -0.456. The highest BCUT2D eigenvalue weighted by molar-refractivity contribution is 7.15. The van der Waals surface area contributed by atoms with Gasteiger partial charge in [-0.1, -0.05) is 41.7 Å². The first kappa shape index (κ1) is 19.5. The number of carbonyl (C=O) groups excluding carboxylic acids is 2. The van der Waals surface area contributed by atoms with Crippen LogP contribution in [0.4, 0.5) is 10.8 Å². The molecule has 0 aliphatic carbocycles. The standard InChI is InChI=1S/C22H20N4O4S/c27-20-11-15(13-26(20)16-6-7-17-18(12-16)30-9-8-29-17)21(28)23-22-25-24-19(31-22)10-14-4-2-1-3-5-14/h1-7,12,15H,8-11,13H2,(H,23,25,28)/t15-/m0/s1. The first-order chi connectivity index (χ1) is 15.2. The van der Waals surface area contributed by atoms with Crippen molar-refractivity contribution in [2.45, 2.75) is 12.8 Å². The van der Waals surface area contributed by atoms with Crippen molar-refractivity contribution in [2.24, 2.45) is 5.92 Å². The van der Waals surface area contributed by atoms with E-state index in [-0.39, 0.29) is 18.2 Å². The predicted molar refractivity (Wildman–Crippen MR) is 116 cm³/mol. The second-order valence-electron chi connectivity index (χ2n) is 7.39. The van der Waals surface area contributed by atoms with Crippen LogP contribution in [0.25, 0.3) is 0 Å². The zero-order chi connectivity index (χ0) is 21.2. The van der Waals surface area contributed by atoms with Crippen molar-refractivity contribution in [1.29, 1.82) is 0 Å². The van der Waals surface area contributed by atoms with Gasteiger partial charge in [-0.05, 0) is 17.7 Å². The number of anilines is 2. The molecule has 3 heterocycles. The molecular weight excluding hydrogens is 416 g/mol. The molecule has 2 aliphatic heterocycles. The van der Waals surface area contributed by atoms with Gasteiger partial charge in [0.2, 0.25) is 16.9 Å². The van der Waals surface area contributed by atoms with Gasteiger partial charge in [-0.2, -0.15) is 0 Å². The average molecular weight is 436 g/mol. The Balaban J connectivity index is 1.22. The van der Waals surface area contributed by atoms with Gasteiger partial charge in [-0.15, -0.1) is 10.2 Å². The number of fused-ring (bicyclic) bond motifs is 1. The molecule has 0 radical (unpaired) electrons. The third kappa shape index (κ3) is 4.22. The predicted octanol–water partition coefficient (Wildman–Crippen LogP) is 2.89. The molecule has 2 amide bonds. The summed E-state index contributed by atoms with van der Waals surface area (Å²) in [5.74, 6) is 0.500. The lowest BCUT2D eigenvalue weighted by Gasteiger charge is -2.22. The molecule has 9 heteroatoms. The number of benzene rings is 2. The molecule has 1 saturated heterocycles. The number of aromatic nitrogens is 2. The minimum absolute atomic E-state index is 0.0983. The lowest BCUT2D eigenvalue weighted by molar-refractivity contribution is -0.122. The van der Waals surface area contributed by atoms with Crippen LogP contribution in [-0.2, 0) is 16.0 Å². The number of rotatable bonds is 5. The van der Waals surface area contributed by atoms with Crippen LogP contribution in [0.15, 0.2) is 48.5 Å². The van der Waals surface area contributed by atoms with Gasteiger partial charge in [0.1, 0.15) is 18.2 Å². The first-order valence-electron chi connectivity index (χ1n) is 10.0. The average Bonchev–Trinajstić information content (AvgIpc) is 3.40. The zero-order valence-electron chi connectivity index (χ0n) is 16.6. The fraction of sp³-hybridized carbons (Fsp3) is 0.273. The topological polar surface area (TPSA) is 93.7 Å². The summed E-state index contributed by atoms with van der Waals surface area (Å²) in [5, 5.41) is 12.3. The van der Waals surface area contributed by atoms with E-state index in [4.69, 9.17) is 9.47 Å². The van der Waals surface area contributed by atoms with E-state index in [1.54, 1.807) is 17.0 Å². The van der Waals surface area contributed by atoms with Crippen LogP contribution in [0.2, 0.25) is 0 Å². The summed E-state index contributed by atoms with van der Waals surface area (Å²) in [6.07, 6.45) is 0.810. The number of ether oxygens (including phenoxy) is 2. The summed E-state index contributed by atoms with van der Waals surface area (Å²) in [6, 6.07) is 15.4. The minimum Gasteiger partial charge on any atom is -0.486 e. The van der Waals surface area contributed by atoms with Crippen LogP contribution in [0.1, 0.15) is 17.0 Å². The van der Waals surface area contributed by atoms with E-state index >= 15 is 0 Å². The third-order valence-electron chi connectivity index (χ3n) is 5.23. The van der Waals surface area contributed by atoms with Gasteiger partial charge < -0.3 is 19.7 Å². The van der Waals surface area contributed by atoms with Gasteiger partial charge in [0.05, 0.1) is 5.92 Å². The molecule has 0 unspecified atom stereocenters. The second-order valence-corrected chi connectivity index (χ2v) is 8.45. The van der Waals surface area contributed by atoms with Crippen molar-refractivity contribution in [3.8, 4) is 11.5 Å². The molecule has 1 N–H and O–H groups in total. The van der Waals surface area contributed by atoms with E-state index in [2.05, 4.69) is 15.5 Å². The van der Waals surface area contributed by atoms with Gasteiger partial charge in [-0.25, -0.2) is 0 Å². The van der Waals surface area contributed by atoms with Gasteiger partial charge in [0, 0.05) is 31.1 Å². The number of nitrogens with one attached hydrogen (secondary N) is 1. The van der Waals surface area contributed by atoms with Crippen molar-refractivity contribution >= 4 is 34.0 Å². The van der Waals surface area contributed by atoms with Crippen LogP contribution in [0, 0.1) is 5.92 Å². The Kier molecular flexibility index (Phi) is 5.25. The molecule has 2 aromatic carbocycles. The maximum Gasteiger partial charge on any atom is 0.231 e. The fourth-order valence-electron chi connectivity index (χ4n) is 3.69. The lowest BCUT2D eigenvalue weighted by atomic mass is 10.1. The summed E-state index contributed by atoms with van der Waals surface area (Å²) in [6.45, 7) is 1.29. The van der Waals surface area contributed by atoms with E-state index in [1.165, 1.54) is 11.3 Å². The maximum absolute atomic E-state index is 12.7. The molecule has 1 atom stereocenters. The van der Waals surface area contributed by atoms with Gasteiger partial charge in [0.15, 0.2) is 11.5 Å². The normalized spacial score (nSPS) is 17.6. The summed E-state index contributed by atoms with van der Waals surface area (Å²) in [4.78, 5) is 26.9. The molecule has 8 nitrogen and oxygen atoms in total. The van der Waals surface area contributed by atoms with Crippen molar-refractivity contribution in [2.75, 3.05) is 30.0 Å². The Bertz CT molecular complexity index is 1120. The SMILES string of the molecule is O=C(Nc1nnc(Cc2ccccc2)s1)[C@H]1CC(=O)N(c2ccc3c(c2)OCCO3)C1. The van der Waals surface area contributed by atoms with Crippen LogP contribution < -0.4 is 19.7 Å². The highest BCUT2D eigenvalue weighted by Gasteiger charge is 2.36. The summed E-state index contributed by atoms with van der Waals surface area (Å²) in [5.41, 5.74) is 1.83. The van der Waals surface area contributed by atoms with Crippen LogP contribution in [0.3, 0.4) is 0 Å².